The number of nitrogens with one attached hydrogen (secondary N) is 1. The number of carbonyl (C=O) groups is 1. The fraction of sp³-hybridized carbons (Fsp3) is 0.500. The number of rotatable bonds is 6. The maximum Gasteiger partial charge on any atom is 0.251 e. The van der Waals surface area contributed by atoms with E-state index in [0.29, 0.717) is 12.6 Å². The molecule has 1 unspecified atom stereocenters. The van der Waals surface area contributed by atoms with Gasteiger partial charge in [-0.15, -0.1) is 0 Å². The first kappa shape index (κ1) is 15.4. The first-order valence-electron chi connectivity index (χ1n) is 6.49. The van der Waals surface area contributed by atoms with Crippen LogP contribution in [0.4, 0.5) is 10.1 Å². The summed E-state index contributed by atoms with van der Waals surface area (Å²) >= 11 is 0. The summed E-state index contributed by atoms with van der Waals surface area (Å²) in [5.41, 5.74) is 5.70. The van der Waals surface area contributed by atoms with Crippen LogP contribution in [0, 0.1) is 5.82 Å². The second-order valence-electron chi connectivity index (χ2n) is 4.73. The smallest absolute Gasteiger partial charge is 0.251 e. The first-order valence-corrected chi connectivity index (χ1v) is 6.49. The van der Waals surface area contributed by atoms with E-state index in [-0.39, 0.29) is 17.2 Å². The molecule has 0 saturated heterocycles. The zero-order chi connectivity index (χ0) is 14.4. The van der Waals surface area contributed by atoms with Gasteiger partial charge in [-0.2, -0.15) is 0 Å². The van der Waals surface area contributed by atoms with E-state index in [1.807, 2.05) is 7.05 Å². The number of nitrogens with two attached hydrogens (primary N) is 1. The van der Waals surface area contributed by atoms with Crippen molar-refractivity contribution < 1.29 is 9.18 Å². The van der Waals surface area contributed by atoms with Crippen molar-refractivity contribution in [3.8, 4) is 0 Å². The Kier molecular flexibility index (Phi) is 5.76. The Morgan fingerprint density at radius 2 is 2.21 bits per heavy atom. The molecule has 3 N–H and O–H groups in total. The van der Waals surface area contributed by atoms with Gasteiger partial charge in [0.1, 0.15) is 5.82 Å². The molecule has 1 atom stereocenters. The van der Waals surface area contributed by atoms with Crippen molar-refractivity contribution >= 4 is 11.6 Å². The second kappa shape index (κ2) is 7.09. The van der Waals surface area contributed by atoms with E-state index in [1.54, 1.807) is 0 Å². The van der Waals surface area contributed by atoms with Gasteiger partial charge in [0.05, 0.1) is 5.69 Å². The van der Waals surface area contributed by atoms with E-state index >= 15 is 0 Å². The number of amides is 1. The lowest BCUT2D eigenvalue weighted by atomic mass is 10.2. The number of likely N-dealkylation sites (N-methyl/N-ethyl adjacent to an activating group) is 1. The van der Waals surface area contributed by atoms with Crippen LogP contribution in [0.2, 0.25) is 0 Å². The molecule has 0 radical (unpaired) electrons. The SMILES string of the molecule is CCC(C)N(C)CCNC(=O)c1ccc(N)c(F)c1. The molecule has 5 heteroatoms. The Morgan fingerprint density at radius 1 is 1.53 bits per heavy atom. The number of nitrogen functional groups attached to an aromatic ring is 1. The largest absolute Gasteiger partial charge is 0.396 e. The fourth-order valence-corrected chi connectivity index (χ4v) is 1.65. The van der Waals surface area contributed by atoms with Crippen molar-refractivity contribution in [1.82, 2.24) is 10.2 Å². The van der Waals surface area contributed by atoms with Crippen molar-refractivity contribution in [2.45, 2.75) is 26.3 Å². The molecule has 0 bridgehead atoms. The van der Waals surface area contributed by atoms with Crippen molar-refractivity contribution in [3.63, 3.8) is 0 Å². The van der Waals surface area contributed by atoms with Crippen LogP contribution in [0.3, 0.4) is 0 Å². The van der Waals surface area contributed by atoms with Crippen LogP contribution in [0.1, 0.15) is 30.6 Å². The number of benzene rings is 1. The van der Waals surface area contributed by atoms with Crippen LogP contribution < -0.4 is 11.1 Å². The molecule has 0 fully saturated rings. The highest BCUT2D eigenvalue weighted by molar-refractivity contribution is 5.94. The van der Waals surface area contributed by atoms with Gasteiger partial charge in [-0.05, 0) is 38.6 Å². The normalized spacial score (nSPS) is 12.5. The lowest BCUT2D eigenvalue weighted by Crippen LogP contribution is -2.37. The van der Waals surface area contributed by atoms with Gasteiger partial charge in [-0.3, -0.25) is 4.79 Å². The van der Waals surface area contributed by atoms with Crippen molar-refractivity contribution in [2.24, 2.45) is 0 Å². The molecule has 106 valence electrons. The van der Waals surface area contributed by atoms with E-state index in [4.69, 9.17) is 5.73 Å². The standard InChI is InChI=1S/C14H22FN3O/c1-4-10(2)18(3)8-7-17-14(19)11-5-6-13(16)12(15)9-11/h5-6,9-10H,4,7-8,16H2,1-3H3,(H,17,19). The lowest BCUT2D eigenvalue weighted by Gasteiger charge is -2.23. The minimum absolute atomic E-state index is 0.0491. The summed E-state index contributed by atoms with van der Waals surface area (Å²) in [6, 6.07) is 4.55. The van der Waals surface area contributed by atoms with Gasteiger partial charge in [0.2, 0.25) is 0 Å². The van der Waals surface area contributed by atoms with E-state index in [9.17, 15) is 9.18 Å². The van der Waals surface area contributed by atoms with Crippen LogP contribution >= 0.6 is 0 Å². The van der Waals surface area contributed by atoms with Crippen LogP contribution in [-0.4, -0.2) is 37.0 Å². The number of hydrogen-bond acceptors (Lipinski definition) is 3. The molecule has 0 aliphatic rings. The summed E-state index contributed by atoms with van der Waals surface area (Å²) in [5.74, 6) is -0.846. The molecule has 0 aromatic heterocycles. The van der Waals surface area contributed by atoms with Gasteiger partial charge in [0.15, 0.2) is 0 Å². The van der Waals surface area contributed by atoms with Gasteiger partial charge < -0.3 is 16.0 Å². The van der Waals surface area contributed by atoms with Crippen LogP contribution in [0.5, 0.6) is 0 Å². The number of hydrogen-bond donors (Lipinski definition) is 2. The van der Waals surface area contributed by atoms with E-state index in [2.05, 4.69) is 24.1 Å². The van der Waals surface area contributed by atoms with Gasteiger partial charge in [-0.1, -0.05) is 6.92 Å². The number of anilines is 1. The Hall–Kier alpha value is -1.62. The van der Waals surface area contributed by atoms with Crippen LogP contribution in [0.15, 0.2) is 18.2 Å². The highest BCUT2D eigenvalue weighted by Crippen LogP contribution is 2.11. The van der Waals surface area contributed by atoms with Gasteiger partial charge in [0.25, 0.3) is 5.91 Å². The highest BCUT2D eigenvalue weighted by atomic mass is 19.1. The van der Waals surface area contributed by atoms with Gasteiger partial charge >= 0.3 is 0 Å². The van der Waals surface area contributed by atoms with Gasteiger partial charge in [-0.25, -0.2) is 4.39 Å². The number of nitrogens with zero attached hydrogens (tertiary/aromatic N) is 1. The van der Waals surface area contributed by atoms with E-state index in [1.165, 1.54) is 12.1 Å². The maximum atomic E-state index is 13.2. The Balaban J connectivity index is 2.45. The van der Waals surface area contributed by atoms with Crippen LogP contribution in [-0.2, 0) is 0 Å². The zero-order valence-corrected chi connectivity index (χ0v) is 11.7. The third kappa shape index (κ3) is 4.52. The highest BCUT2D eigenvalue weighted by Gasteiger charge is 2.10. The number of halogens is 1. The zero-order valence-electron chi connectivity index (χ0n) is 11.7. The summed E-state index contributed by atoms with van der Waals surface area (Å²) in [5, 5.41) is 2.77. The predicted molar refractivity (Wildman–Crippen MR) is 75.5 cm³/mol. The molecule has 1 aromatic rings. The molecule has 0 aliphatic carbocycles. The average molecular weight is 267 g/mol. The molecule has 19 heavy (non-hydrogen) atoms. The molecular formula is C14H22FN3O. The third-order valence-electron chi connectivity index (χ3n) is 3.36. The molecule has 1 amide bonds. The quantitative estimate of drug-likeness (QED) is 0.774. The second-order valence-corrected chi connectivity index (χ2v) is 4.73. The molecule has 0 aliphatic heterocycles. The van der Waals surface area contributed by atoms with Crippen molar-refractivity contribution in [1.29, 1.82) is 0 Å². The topological polar surface area (TPSA) is 58.4 Å². The fourth-order valence-electron chi connectivity index (χ4n) is 1.65. The molecule has 1 aromatic carbocycles. The summed E-state index contributed by atoms with van der Waals surface area (Å²) in [6.45, 7) is 5.55. The average Bonchev–Trinajstić information content (AvgIpc) is 2.40. The molecular weight excluding hydrogens is 245 g/mol. The molecule has 1 rings (SSSR count). The van der Waals surface area contributed by atoms with Crippen molar-refractivity contribution in [2.75, 3.05) is 25.9 Å². The summed E-state index contributed by atoms with van der Waals surface area (Å²) in [4.78, 5) is 14.0. The van der Waals surface area contributed by atoms with E-state index < -0.39 is 5.82 Å². The Morgan fingerprint density at radius 3 is 2.79 bits per heavy atom. The molecule has 0 heterocycles. The monoisotopic (exact) mass is 267 g/mol. The van der Waals surface area contributed by atoms with Crippen LogP contribution in [0.25, 0.3) is 0 Å². The molecule has 4 nitrogen and oxygen atoms in total. The van der Waals surface area contributed by atoms with Gasteiger partial charge in [0, 0.05) is 24.7 Å². The summed E-state index contributed by atoms with van der Waals surface area (Å²) in [6.07, 6.45) is 1.06. The van der Waals surface area contributed by atoms with E-state index in [0.717, 1.165) is 19.0 Å². The minimum Gasteiger partial charge on any atom is -0.396 e. The summed E-state index contributed by atoms with van der Waals surface area (Å²) < 4.78 is 13.2. The lowest BCUT2D eigenvalue weighted by molar-refractivity contribution is 0.0947. The number of carbonyl (C=O) groups excluding carboxylic acids is 1. The maximum absolute atomic E-state index is 13.2. The predicted octanol–water partition coefficient (Wildman–Crippen LogP) is 1.87. The molecule has 0 spiro atoms. The minimum atomic E-state index is -0.565. The van der Waals surface area contributed by atoms with Crippen molar-refractivity contribution in [3.05, 3.63) is 29.6 Å². The summed E-state index contributed by atoms with van der Waals surface area (Å²) in [7, 11) is 2.02. The Labute approximate surface area is 113 Å². The molecule has 0 saturated carbocycles. The first-order chi connectivity index (χ1) is 8.95. The Bertz CT molecular complexity index is 437. The third-order valence-corrected chi connectivity index (χ3v) is 3.36.